The van der Waals surface area contributed by atoms with Crippen LogP contribution in [0.3, 0.4) is 0 Å². The molecule has 0 radical (unpaired) electrons. The van der Waals surface area contributed by atoms with Crippen molar-refractivity contribution in [3.05, 3.63) is 34.9 Å². The molecule has 1 aliphatic rings. The Balaban J connectivity index is 2.08. The number of pyridine rings is 1. The molecule has 3 nitrogen and oxygen atoms in total. The fourth-order valence-electron chi connectivity index (χ4n) is 2.97. The summed E-state index contributed by atoms with van der Waals surface area (Å²) in [5.41, 5.74) is 2.36. The Kier molecular flexibility index (Phi) is 3.94. The van der Waals surface area contributed by atoms with E-state index >= 15 is 0 Å². The Morgan fingerprint density at radius 1 is 1.45 bits per heavy atom. The number of nitrogens with zero attached hydrogens (tertiary/aromatic N) is 2. The summed E-state index contributed by atoms with van der Waals surface area (Å²) in [5, 5.41) is 4.76. The van der Waals surface area contributed by atoms with Crippen LogP contribution in [0.25, 0.3) is 10.9 Å². The Morgan fingerprint density at radius 2 is 2.30 bits per heavy atom. The molecule has 1 aromatic heterocycles. The number of hydrogen-bond donors (Lipinski definition) is 1. The predicted octanol–water partition coefficient (Wildman–Crippen LogP) is 3.57. The van der Waals surface area contributed by atoms with E-state index in [4.69, 9.17) is 0 Å². The molecular formula is C16H20BrN3. The van der Waals surface area contributed by atoms with Crippen molar-refractivity contribution in [1.82, 2.24) is 10.3 Å². The number of halogens is 1. The van der Waals surface area contributed by atoms with Crippen molar-refractivity contribution in [2.75, 3.05) is 18.0 Å². The molecule has 0 saturated carbocycles. The molecule has 0 bridgehead atoms. The van der Waals surface area contributed by atoms with E-state index in [9.17, 15) is 0 Å². The predicted molar refractivity (Wildman–Crippen MR) is 88.3 cm³/mol. The minimum absolute atomic E-state index is 0.517. The highest BCUT2D eigenvalue weighted by Gasteiger charge is 2.26. The minimum Gasteiger partial charge on any atom is -0.364 e. The van der Waals surface area contributed by atoms with Gasteiger partial charge in [-0.05, 0) is 41.4 Å². The van der Waals surface area contributed by atoms with Crippen LogP contribution in [-0.4, -0.2) is 30.2 Å². The molecule has 0 spiro atoms. The van der Waals surface area contributed by atoms with Crippen molar-refractivity contribution < 1.29 is 0 Å². The Hall–Kier alpha value is -1.13. The zero-order valence-corrected chi connectivity index (χ0v) is 13.5. The van der Waals surface area contributed by atoms with Crippen LogP contribution in [0.5, 0.6) is 0 Å². The van der Waals surface area contributed by atoms with E-state index in [0.29, 0.717) is 12.1 Å². The highest BCUT2D eigenvalue weighted by molar-refractivity contribution is 9.10. The van der Waals surface area contributed by atoms with Gasteiger partial charge in [0.25, 0.3) is 0 Å². The molecule has 3 rings (SSSR count). The summed E-state index contributed by atoms with van der Waals surface area (Å²) in [6.45, 7) is 6.58. The number of hydrogen-bond acceptors (Lipinski definition) is 3. The molecule has 1 saturated heterocycles. The molecule has 1 aliphatic heterocycles. The lowest BCUT2D eigenvalue weighted by atomic mass is 10.0. The molecule has 106 valence electrons. The van der Waals surface area contributed by atoms with Crippen molar-refractivity contribution in [2.24, 2.45) is 0 Å². The fourth-order valence-corrected chi connectivity index (χ4v) is 3.31. The first-order valence-electron chi connectivity index (χ1n) is 7.23. The van der Waals surface area contributed by atoms with Gasteiger partial charge < -0.3 is 10.2 Å². The second kappa shape index (κ2) is 5.70. The van der Waals surface area contributed by atoms with E-state index in [1.54, 1.807) is 0 Å². The average molecular weight is 334 g/mol. The van der Waals surface area contributed by atoms with Gasteiger partial charge in [0.05, 0.1) is 11.2 Å². The Morgan fingerprint density at radius 3 is 3.10 bits per heavy atom. The van der Waals surface area contributed by atoms with E-state index in [2.05, 4.69) is 69.2 Å². The first-order chi connectivity index (χ1) is 9.69. The number of piperazine rings is 1. The van der Waals surface area contributed by atoms with Crippen LogP contribution < -0.4 is 10.2 Å². The van der Waals surface area contributed by atoms with Gasteiger partial charge in [-0.15, -0.1) is 0 Å². The van der Waals surface area contributed by atoms with Gasteiger partial charge in [0.1, 0.15) is 0 Å². The summed E-state index contributed by atoms with van der Waals surface area (Å²) >= 11 is 3.50. The second-order valence-corrected chi connectivity index (χ2v) is 6.44. The van der Waals surface area contributed by atoms with Crippen LogP contribution in [0.2, 0.25) is 0 Å². The molecule has 20 heavy (non-hydrogen) atoms. The Bertz CT molecular complexity index is 614. The summed E-state index contributed by atoms with van der Waals surface area (Å²) in [5.74, 6) is 0. The summed E-state index contributed by atoms with van der Waals surface area (Å²) in [7, 11) is 0. The van der Waals surface area contributed by atoms with Crippen molar-refractivity contribution in [2.45, 2.75) is 32.4 Å². The smallest absolute Gasteiger partial charge is 0.0936 e. The lowest BCUT2D eigenvalue weighted by Crippen LogP contribution is -2.55. The molecule has 0 amide bonds. The van der Waals surface area contributed by atoms with E-state index in [1.165, 1.54) is 11.1 Å². The number of benzene rings is 1. The first-order valence-corrected chi connectivity index (χ1v) is 8.02. The molecule has 0 aliphatic carbocycles. The number of aromatic nitrogens is 1. The lowest BCUT2D eigenvalue weighted by Gasteiger charge is -2.41. The molecule has 1 fully saturated rings. The second-order valence-electron chi connectivity index (χ2n) is 5.53. The summed E-state index contributed by atoms with van der Waals surface area (Å²) in [4.78, 5) is 7.16. The van der Waals surface area contributed by atoms with E-state index in [0.717, 1.165) is 29.5 Å². The summed E-state index contributed by atoms with van der Waals surface area (Å²) in [6.07, 6.45) is 3.03. The van der Waals surface area contributed by atoms with Crippen LogP contribution in [-0.2, 0) is 0 Å². The third kappa shape index (κ3) is 2.54. The largest absolute Gasteiger partial charge is 0.364 e. The zero-order chi connectivity index (χ0) is 14.1. The van der Waals surface area contributed by atoms with Crippen molar-refractivity contribution in [3.63, 3.8) is 0 Å². The third-order valence-electron chi connectivity index (χ3n) is 4.05. The normalized spacial score (nSPS) is 23.2. The molecule has 1 aromatic carbocycles. The zero-order valence-electron chi connectivity index (χ0n) is 11.9. The van der Waals surface area contributed by atoms with Gasteiger partial charge in [0.15, 0.2) is 0 Å². The molecule has 2 heterocycles. The van der Waals surface area contributed by atoms with E-state index in [1.807, 2.05) is 6.20 Å². The SMILES string of the molecule is CCC1CNC(C)CN1c1cccc2cc(Br)cnc12. The number of rotatable bonds is 2. The first kappa shape index (κ1) is 13.8. The van der Waals surface area contributed by atoms with Crippen LogP contribution in [0, 0.1) is 0 Å². The standard InChI is InChI=1S/C16H20BrN3/c1-3-14-9-18-11(2)10-20(14)15-6-4-5-12-7-13(17)8-19-16(12)15/h4-8,11,14,18H,3,9-10H2,1-2H3. The van der Waals surface area contributed by atoms with E-state index in [-0.39, 0.29) is 0 Å². The van der Waals surface area contributed by atoms with Crippen LogP contribution in [0.1, 0.15) is 20.3 Å². The number of anilines is 1. The monoisotopic (exact) mass is 333 g/mol. The topological polar surface area (TPSA) is 28.2 Å². The third-order valence-corrected chi connectivity index (χ3v) is 4.48. The highest BCUT2D eigenvalue weighted by atomic mass is 79.9. The highest BCUT2D eigenvalue weighted by Crippen LogP contribution is 2.29. The maximum absolute atomic E-state index is 4.64. The average Bonchev–Trinajstić information content (AvgIpc) is 2.46. The van der Waals surface area contributed by atoms with Gasteiger partial charge in [-0.25, -0.2) is 0 Å². The van der Waals surface area contributed by atoms with Crippen molar-refractivity contribution in [1.29, 1.82) is 0 Å². The van der Waals surface area contributed by atoms with Crippen LogP contribution >= 0.6 is 15.9 Å². The summed E-state index contributed by atoms with van der Waals surface area (Å²) < 4.78 is 1.03. The van der Waals surface area contributed by atoms with Gasteiger partial charge in [-0.1, -0.05) is 19.1 Å². The molecule has 1 N–H and O–H groups in total. The van der Waals surface area contributed by atoms with E-state index < -0.39 is 0 Å². The Labute approximate surface area is 128 Å². The fraction of sp³-hybridized carbons (Fsp3) is 0.438. The quantitative estimate of drug-likeness (QED) is 0.910. The molecular weight excluding hydrogens is 314 g/mol. The number of para-hydroxylation sites is 1. The van der Waals surface area contributed by atoms with Crippen molar-refractivity contribution in [3.8, 4) is 0 Å². The summed E-state index contributed by atoms with van der Waals surface area (Å²) in [6, 6.07) is 9.65. The maximum atomic E-state index is 4.64. The molecule has 2 aromatic rings. The van der Waals surface area contributed by atoms with Crippen LogP contribution in [0.4, 0.5) is 5.69 Å². The minimum atomic E-state index is 0.517. The van der Waals surface area contributed by atoms with Gasteiger partial charge in [0.2, 0.25) is 0 Å². The molecule has 2 atom stereocenters. The molecule has 2 unspecified atom stereocenters. The lowest BCUT2D eigenvalue weighted by molar-refractivity contribution is 0.403. The van der Waals surface area contributed by atoms with Gasteiger partial charge in [0, 0.05) is 41.2 Å². The maximum Gasteiger partial charge on any atom is 0.0936 e. The van der Waals surface area contributed by atoms with Crippen molar-refractivity contribution >= 4 is 32.5 Å². The van der Waals surface area contributed by atoms with Gasteiger partial charge in [-0.3, -0.25) is 4.98 Å². The van der Waals surface area contributed by atoms with Crippen LogP contribution in [0.15, 0.2) is 34.9 Å². The number of nitrogens with one attached hydrogen (secondary N) is 1. The number of fused-ring (bicyclic) bond motifs is 1. The molecule has 4 heteroatoms. The van der Waals surface area contributed by atoms with Gasteiger partial charge in [-0.2, -0.15) is 0 Å². The van der Waals surface area contributed by atoms with Gasteiger partial charge >= 0.3 is 0 Å².